The Balaban J connectivity index is 1.71. The van der Waals surface area contributed by atoms with Crippen molar-refractivity contribution in [3.8, 4) is 0 Å². The van der Waals surface area contributed by atoms with Crippen LogP contribution in [0.4, 0.5) is 0 Å². The van der Waals surface area contributed by atoms with Crippen molar-refractivity contribution in [2.45, 2.75) is 50.1 Å². The fourth-order valence-electron chi connectivity index (χ4n) is 2.72. The molecule has 0 atom stereocenters. The molecule has 0 aromatic rings. The van der Waals surface area contributed by atoms with Crippen LogP contribution in [0.5, 0.6) is 0 Å². The fraction of sp³-hybridized carbons (Fsp3) is 0.929. The molecule has 1 amide bonds. The highest BCUT2D eigenvalue weighted by Crippen LogP contribution is 2.36. The van der Waals surface area contributed by atoms with Crippen LogP contribution in [0, 0.1) is 0 Å². The normalized spacial score (nSPS) is 21.8. The van der Waals surface area contributed by atoms with E-state index in [4.69, 9.17) is 0 Å². The molecule has 2 rings (SSSR count). The summed E-state index contributed by atoms with van der Waals surface area (Å²) in [7, 11) is 6.21. The largest absolute Gasteiger partial charge is 0.344 e. The van der Waals surface area contributed by atoms with Gasteiger partial charge in [0.05, 0.1) is 0 Å². The first-order chi connectivity index (χ1) is 8.53. The zero-order chi connectivity index (χ0) is 13.2. The van der Waals surface area contributed by atoms with Crippen LogP contribution in [0.1, 0.15) is 38.5 Å². The summed E-state index contributed by atoms with van der Waals surface area (Å²) in [6.45, 7) is 1.71. The topological polar surface area (TPSA) is 35.6 Å². The number of hydrogen-bond donors (Lipinski definition) is 1. The van der Waals surface area contributed by atoms with E-state index >= 15 is 0 Å². The average molecular weight is 253 g/mol. The highest BCUT2D eigenvalue weighted by atomic mass is 16.2. The van der Waals surface area contributed by atoms with Gasteiger partial charge in [-0.2, -0.15) is 0 Å². The standard InChI is InChI=1S/C14H27N3O/c1-16(2)14(8-4-9-14)11-17(3)13(18)7-10-15-12-5-6-12/h12,15H,4-11H2,1-3H3. The van der Waals surface area contributed by atoms with Gasteiger partial charge in [0.1, 0.15) is 0 Å². The minimum atomic E-state index is 0.244. The average Bonchev–Trinajstić information content (AvgIpc) is 3.06. The van der Waals surface area contributed by atoms with Gasteiger partial charge in [-0.1, -0.05) is 0 Å². The number of nitrogens with one attached hydrogen (secondary N) is 1. The molecule has 2 aliphatic carbocycles. The van der Waals surface area contributed by atoms with Gasteiger partial charge in [0, 0.05) is 38.1 Å². The number of nitrogens with zero attached hydrogens (tertiary/aromatic N) is 2. The van der Waals surface area contributed by atoms with Crippen molar-refractivity contribution < 1.29 is 4.79 Å². The Labute approximate surface area is 111 Å². The maximum atomic E-state index is 12.1. The molecule has 4 nitrogen and oxygen atoms in total. The number of carbonyl (C=O) groups excluding carboxylic acids is 1. The highest BCUT2D eigenvalue weighted by Gasteiger charge is 2.40. The van der Waals surface area contributed by atoms with Crippen LogP contribution in [-0.4, -0.2) is 61.5 Å². The molecule has 18 heavy (non-hydrogen) atoms. The van der Waals surface area contributed by atoms with Crippen LogP contribution in [0.2, 0.25) is 0 Å². The lowest BCUT2D eigenvalue weighted by molar-refractivity contribution is -0.132. The van der Waals surface area contributed by atoms with E-state index in [0.29, 0.717) is 12.5 Å². The van der Waals surface area contributed by atoms with Crippen molar-refractivity contribution >= 4 is 5.91 Å². The first kappa shape index (κ1) is 13.8. The summed E-state index contributed by atoms with van der Waals surface area (Å²) < 4.78 is 0. The maximum Gasteiger partial charge on any atom is 0.223 e. The van der Waals surface area contributed by atoms with Crippen molar-refractivity contribution in [1.29, 1.82) is 0 Å². The first-order valence-electron chi connectivity index (χ1n) is 7.18. The Morgan fingerprint density at radius 1 is 1.28 bits per heavy atom. The first-order valence-corrected chi connectivity index (χ1v) is 7.18. The zero-order valence-corrected chi connectivity index (χ0v) is 12.0. The molecule has 104 valence electrons. The van der Waals surface area contributed by atoms with Crippen LogP contribution in [0.3, 0.4) is 0 Å². The second-order valence-corrected chi connectivity index (χ2v) is 6.20. The molecule has 0 heterocycles. The molecule has 0 unspecified atom stereocenters. The summed E-state index contributed by atoms with van der Waals surface area (Å²) in [5.41, 5.74) is 0.244. The number of likely N-dealkylation sites (N-methyl/N-ethyl adjacent to an activating group) is 2. The summed E-state index contributed by atoms with van der Waals surface area (Å²) in [6, 6.07) is 0.697. The van der Waals surface area contributed by atoms with Gasteiger partial charge >= 0.3 is 0 Å². The molecule has 4 heteroatoms. The molecule has 0 spiro atoms. The van der Waals surface area contributed by atoms with E-state index in [1.54, 1.807) is 0 Å². The Hall–Kier alpha value is -0.610. The number of hydrogen-bond acceptors (Lipinski definition) is 3. The van der Waals surface area contributed by atoms with Crippen molar-refractivity contribution in [2.75, 3.05) is 34.2 Å². The number of rotatable bonds is 7. The Morgan fingerprint density at radius 3 is 2.39 bits per heavy atom. The third-order valence-corrected chi connectivity index (χ3v) is 4.54. The second kappa shape index (κ2) is 5.57. The molecule has 2 saturated carbocycles. The zero-order valence-electron chi connectivity index (χ0n) is 12.0. The quantitative estimate of drug-likeness (QED) is 0.737. The lowest BCUT2D eigenvalue weighted by Gasteiger charge is -2.49. The summed E-state index contributed by atoms with van der Waals surface area (Å²) in [5.74, 6) is 0.274. The van der Waals surface area contributed by atoms with Crippen LogP contribution in [-0.2, 0) is 4.79 Å². The summed E-state index contributed by atoms with van der Waals surface area (Å²) in [6.07, 6.45) is 6.94. The molecule has 0 bridgehead atoms. The predicted molar refractivity (Wildman–Crippen MR) is 73.5 cm³/mol. The van der Waals surface area contributed by atoms with Crippen LogP contribution in [0.25, 0.3) is 0 Å². The van der Waals surface area contributed by atoms with Gasteiger partial charge in [-0.15, -0.1) is 0 Å². The summed E-state index contributed by atoms with van der Waals surface area (Å²) in [5, 5.41) is 3.40. The molecule has 2 fully saturated rings. The van der Waals surface area contributed by atoms with Crippen LogP contribution < -0.4 is 5.32 Å². The summed E-state index contributed by atoms with van der Waals surface area (Å²) >= 11 is 0. The smallest absolute Gasteiger partial charge is 0.223 e. The molecular weight excluding hydrogens is 226 g/mol. The van der Waals surface area contributed by atoms with Gasteiger partial charge in [0.25, 0.3) is 0 Å². The molecule has 0 saturated heterocycles. The molecule has 1 N–H and O–H groups in total. The van der Waals surface area contributed by atoms with Gasteiger partial charge in [-0.3, -0.25) is 4.79 Å². The van der Waals surface area contributed by atoms with Crippen molar-refractivity contribution in [2.24, 2.45) is 0 Å². The Kier molecular flexibility index (Phi) is 4.28. The van der Waals surface area contributed by atoms with Crippen LogP contribution in [0.15, 0.2) is 0 Å². The number of carbonyl (C=O) groups is 1. The van der Waals surface area contributed by atoms with E-state index in [1.165, 1.54) is 32.1 Å². The minimum Gasteiger partial charge on any atom is -0.344 e. The third kappa shape index (κ3) is 3.23. The maximum absolute atomic E-state index is 12.1. The lowest BCUT2D eigenvalue weighted by atomic mass is 9.75. The van der Waals surface area contributed by atoms with Crippen molar-refractivity contribution in [1.82, 2.24) is 15.1 Å². The molecule has 0 aliphatic heterocycles. The van der Waals surface area contributed by atoms with Gasteiger partial charge in [-0.05, 0) is 46.2 Å². The van der Waals surface area contributed by atoms with E-state index in [2.05, 4.69) is 24.3 Å². The lowest BCUT2D eigenvalue weighted by Crippen LogP contribution is -2.57. The fourth-order valence-corrected chi connectivity index (χ4v) is 2.72. The predicted octanol–water partition coefficient (Wildman–Crippen LogP) is 1.07. The summed E-state index contributed by atoms with van der Waals surface area (Å²) in [4.78, 5) is 16.3. The molecule has 0 aromatic carbocycles. The molecule has 0 aromatic heterocycles. The SMILES string of the molecule is CN(CC1(N(C)C)CCC1)C(=O)CCNC1CC1. The van der Waals surface area contributed by atoms with E-state index in [0.717, 1.165) is 13.1 Å². The van der Waals surface area contributed by atoms with E-state index in [9.17, 15) is 4.79 Å². The second-order valence-electron chi connectivity index (χ2n) is 6.20. The van der Waals surface area contributed by atoms with Gasteiger partial charge < -0.3 is 15.1 Å². The molecular formula is C14H27N3O. The minimum absolute atomic E-state index is 0.244. The van der Waals surface area contributed by atoms with Crippen LogP contribution >= 0.6 is 0 Å². The monoisotopic (exact) mass is 253 g/mol. The van der Waals surface area contributed by atoms with E-state index in [-0.39, 0.29) is 11.4 Å². The third-order valence-electron chi connectivity index (χ3n) is 4.54. The number of amides is 1. The van der Waals surface area contributed by atoms with Crippen molar-refractivity contribution in [3.63, 3.8) is 0 Å². The molecule has 2 aliphatic rings. The Morgan fingerprint density at radius 2 is 1.94 bits per heavy atom. The van der Waals surface area contributed by atoms with Gasteiger partial charge in [0.2, 0.25) is 5.91 Å². The highest BCUT2D eigenvalue weighted by molar-refractivity contribution is 5.76. The van der Waals surface area contributed by atoms with Crippen molar-refractivity contribution in [3.05, 3.63) is 0 Å². The molecule has 0 radical (unpaired) electrons. The van der Waals surface area contributed by atoms with E-state index < -0.39 is 0 Å². The van der Waals surface area contributed by atoms with Gasteiger partial charge in [0.15, 0.2) is 0 Å². The van der Waals surface area contributed by atoms with E-state index in [1.807, 2.05) is 11.9 Å². The Bertz CT molecular complexity index is 295. The van der Waals surface area contributed by atoms with Gasteiger partial charge in [-0.25, -0.2) is 0 Å².